The molecule has 0 spiro atoms. The molecule has 0 saturated heterocycles. The third-order valence-electron chi connectivity index (χ3n) is 4.18. The molecule has 96 valence electrons. The molecule has 0 aromatic carbocycles. The first-order valence-electron chi connectivity index (χ1n) is 6.93. The fourth-order valence-electron chi connectivity index (χ4n) is 2.84. The Morgan fingerprint density at radius 2 is 2.24 bits per heavy atom. The Balaban J connectivity index is 1.81. The summed E-state index contributed by atoms with van der Waals surface area (Å²) in [5, 5.41) is 5.96. The molecular formula is C15H25NS. The lowest BCUT2D eigenvalue weighted by molar-refractivity contribution is 0.231. The highest BCUT2D eigenvalue weighted by molar-refractivity contribution is 7.10. The first-order valence-corrected chi connectivity index (χ1v) is 7.81. The van der Waals surface area contributed by atoms with Crippen LogP contribution in [0.15, 0.2) is 11.4 Å². The third-order valence-corrected chi connectivity index (χ3v) is 5.20. The molecule has 2 atom stereocenters. The molecule has 1 heterocycles. The van der Waals surface area contributed by atoms with Crippen molar-refractivity contribution in [1.82, 2.24) is 5.32 Å². The smallest absolute Gasteiger partial charge is 0.0304 e. The Morgan fingerprint density at radius 3 is 2.88 bits per heavy atom. The van der Waals surface area contributed by atoms with E-state index in [9.17, 15) is 0 Å². The summed E-state index contributed by atoms with van der Waals surface area (Å²) in [6.07, 6.45) is 5.59. The highest BCUT2D eigenvalue weighted by Crippen LogP contribution is 2.30. The number of rotatable bonds is 4. The average molecular weight is 251 g/mol. The zero-order chi connectivity index (χ0) is 12.3. The lowest BCUT2D eigenvalue weighted by atomic mass is 9.79. The lowest BCUT2D eigenvalue weighted by Crippen LogP contribution is -2.35. The number of hydrogen-bond acceptors (Lipinski definition) is 2. The van der Waals surface area contributed by atoms with Crippen molar-refractivity contribution in [2.75, 3.05) is 0 Å². The minimum absolute atomic E-state index is 0.748. The zero-order valence-electron chi connectivity index (χ0n) is 11.3. The van der Waals surface area contributed by atoms with Gasteiger partial charge >= 0.3 is 0 Å². The summed E-state index contributed by atoms with van der Waals surface area (Å²) >= 11 is 1.88. The lowest BCUT2D eigenvalue weighted by Gasteiger charge is -2.32. The van der Waals surface area contributed by atoms with Crippen molar-refractivity contribution in [3.8, 4) is 0 Å². The fourth-order valence-corrected chi connectivity index (χ4v) is 3.70. The van der Waals surface area contributed by atoms with Gasteiger partial charge in [0, 0.05) is 17.5 Å². The highest BCUT2D eigenvalue weighted by Gasteiger charge is 2.23. The molecule has 17 heavy (non-hydrogen) atoms. The van der Waals surface area contributed by atoms with E-state index in [2.05, 4.69) is 37.5 Å². The van der Waals surface area contributed by atoms with Crippen molar-refractivity contribution in [1.29, 1.82) is 0 Å². The van der Waals surface area contributed by atoms with Crippen LogP contribution in [0.25, 0.3) is 0 Å². The summed E-state index contributed by atoms with van der Waals surface area (Å²) in [7, 11) is 0. The van der Waals surface area contributed by atoms with Crippen LogP contribution in [-0.2, 0) is 6.54 Å². The van der Waals surface area contributed by atoms with Crippen molar-refractivity contribution in [2.24, 2.45) is 11.8 Å². The van der Waals surface area contributed by atoms with Crippen LogP contribution in [0.3, 0.4) is 0 Å². The van der Waals surface area contributed by atoms with Gasteiger partial charge in [-0.3, -0.25) is 0 Å². The van der Waals surface area contributed by atoms with E-state index in [4.69, 9.17) is 0 Å². The van der Waals surface area contributed by atoms with Crippen LogP contribution in [0.5, 0.6) is 0 Å². The van der Waals surface area contributed by atoms with E-state index >= 15 is 0 Å². The Labute approximate surface area is 110 Å². The maximum atomic E-state index is 3.76. The van der Waals surface area contributed by atoms with Gasteiger partial charge in [-0.15, -0.1) is 11.3 Å². The van der Waals surface area contributed by atoms with Gasteiger partial charge in [0.2, 0.25) is 0 Å². The summed E-state index contributed by atoms with van der Waals surface area (Å²) in [5.41, 5.74) is 1.44. The second kappa shape index (κ2) is 6.01. The summed E-state index contributed by atoms with van der Waals surface area (Å²) in [6, 6.07) is 2.97. The normalized spacial score (nSPS) is 25.4. The molecule has 1 aliphatic carbocycles. The molecule has 1 aliphatic rings. The fraction of sp³-hybridized carbons (Fsp3) is 0.733. The summed E-state index contributed by atoms with van der Waals surface area (Å²) in [4.78, 5) is 1.51. The van der Waals surface area contributed by atoms with Crippen molar-refractivity contribution in [3.05, 3.63) is 21.9 Å². The first-order chi connectivity index (χ1) is 8.16. The van der Waals surface area contributed by atoms with Crippen LogP contribution < -0.4 is 5.32 Å². The highest BCUT2D eigenvalue weighted by atomic mass is 32.1. The molecule has 1 aromatic heterocycles. The molecule has 1 fully saturated rings. The zero-order valence-corrected chi connectivity index (χ0v) is 12.1. The molecule has 1 aromatic rings. The molecule has 2 unspecified atom stereocenters. The minimum Gasteiger partial charge on any atom is -0.309 e. The summed E-state index contributed by atoms with van der Waals surface area (Å²) in [6.45, 7) is 8.03. The molecule has 2 rings (SSSR count). The van der Waals surface area contributed by atoms with Crippen LogP contribution >= 0.6 is 11.3 Å². The largest absolute Gasteiger partial charge is 0.309 e. The maximum Gasteiger partial charge on any atom is 0.0304 e. The summed E-state index contributed by atoms with van der Waals surface area (Å²) < 4.78 is 0. The van der Waals surface area contributed by atoms with Crippen LogP contribution in [0, 0.1) is 18.8 Å². The number of thiophene rings is 1. The Morgan fingerprint density at radius 1 is 1.41 bits per heavy atom. The van der Waals surface area contributed by atoms with Gasteiger partial charge in [-0.2, -0.15) is 0 Å². The first kappa shape index (κ1) is 13.1. The molecule has 1 nitrogen and oxygen atoms in total. The van der Waals surface area contributed by atoms with Gasteiger partial charge in [0.15, 0.2) is 0 Å². The molecule has 0 radical (unpaired) electrons. The van der Waals surface area contributed by atoms with E-state index in [0.717, 1.165) is 24.4 Å². The SMILES string of the molecule is Cc1ccsc1CNC1CCCC(C(C)C)C1. The standard InChI is InChI=1S/C15H25NS/c1-11(2)13-5-4-6-14(9-13)16-10-15-12(3)7-8-17-15/h7-8,11,13-14,16H,4-6,9-10H2,1-3H3. The van der Waals surface area contributed by atoms with Gasteiger partial charge in [0.05, 0.1) is 0 Å². The predicted molar refractivity (Wildman–Crippen MR) is 76.5 cm³/mol. The summed E-state index contributed by atoms with van der Waals surface area (Å²) in [5.74, 6) is 1.79. The Kier molecular flexibility index (Phi) is 4.63. The topological polar surface area (TPSA) is 12.0 Å². The van der Waals surface area contributed by atoms with E-state index in [1.165, 1.54) is 36.1 Å². The van der Waals surface area contributed by atoms with Gasteiger partial charge in [0.25, 0.3) is 0 Å². The number of aryl methyl sites for hydroxylation is 1. The van der Waals surface area contributed by atoms with E-state index in [1.54, 1.807) is 0 Å². The van der Waals surface area contributed by atoms with Crippen molar-refractivity contribution < 1.29 is 0 Å². The van der Waals surface area contributed by atoms with Crippen molar-refractivity contribution in [2.45, 2.75) is 59.0 Å². The molecule has 2 heteroatoms. The van der Waals surface area contributed by atoms with Crippen LogP contribution in [0.2, 0.25) is 0 Å². The second-order valence-electron chi connectivity index (χ2n) is 5.78. The van der Waals surface area contributed by atoms with Crippen molar-refractivity contribution >= 4 is 11.3 Å². The van der Waals surface area contributed by atoms with Crippen LogP contribution in [0.1, 0.15) is 50.0 Å². The average Bonchev–Trinajstić information content (AvgIpc) is 2.72. The molecule has 0 amide bonds. The molecule has 1 saturated carbocycles. The van der Waals surface area contributed by atoms with Gasteiger partial charge in [-0.25, -0.2) is 0 Å². The Bertz CT molecular complexity index is 342. The van der Waals surface area contributed by atoms with Gasteiger partial charge < -0.3 is 5.32 Å². The van der Waals surface area contributed by atoms with E-state index in [1.807, 2.05) is 11.3 Å². The van der Waals surface area contributed by atoms with Gasteiger partial charge in [-0.05, 0) is 48.6 Å². The molecule has 1 N–H and O–H groups in total. The maximum absolute atomic E-state index is 3.76. The molecular weight excluding hydrogens is 226 g/mol. The van der Waals surface area contributed by atoms with E-state index in [-0.39, 0.29) is 0 Å². The predicted octanol–water partition coefficient (Wildman–Crippen LogP) is 4.36. The van der Waals surface area contributed by atoms with Crippen molar-refractivity contribution in [3.63, 3.8) is 0 Å². The van der Waals surface area contributed by atoms with Crippen LogP contribution in [-0.4, -0.2) is 6.04 Å². The minimum atomic E-state index is 0.748. The number of hydrogen-bond donors (Lipinski definition) is 1. The van der Waals surface area contributed by atoms with E-state index < -0.39 is 0 Å². The molecule has 0 bridgehead atoms. The second-order valence-corrected chi connectivity index (χ2v) is 6.78. The monoisotopic (exact) mass is 251 g/mol. The quantitative estimate of drug-likeness (QED) is 0.838. The Hall–Kier alpha value is -0.340. The number of nitrogens with one attached hydrogen (secondary N) is 1. The van der Waals surface area contributed by atoms with Crippen LogP contribution in [0.4, 0.5) is 0 Å². The molecule has 0 aliphatic heterocycles. The van der Waals surface area contributed by atoms with Gasteiger partial charge in [0.1, 0.15) is 0 Å². The van der Waals surface area contributed by atoms with Gasteiger partial charge in [-0.1, -0.05) is 26.7 Å². The third kappa shape index (κ3) is 3.56. The van der Waals surface area contributed by atoms with E-state index in [0.29, 0.717) is 0 Å².